The second-order valence-electron chi connectivity index (χ2n) is 10.2. The van der Waals surface area contributed by atoms with Gasteiger partial charge in [-0.25, -0.2) is 21.9 Å². The first-order valence-corrected chi connectivity index (χ1v) is 14.3. The van der Waals surface area contributed by atoms with Crippen molar-refractivity contribution >= 4 is 21.4 Å². The van der Waals surface area contributed by atoms with Crippen LogP contribution in [0.25, 0.3) is 16.9 Å². The Morgan fingerprint density at radius 1 is 1.16 bits per heavy atom. The number of quaternary nitrogens is 1. The van der Waals surface area contributed by atoms with Gasteiger partial charge in [-0.2, -0.15) is 0 Å². The largest absolute Gasteiger partial charge is 0.359 e. The number of nitrogens with zero attached hydrogens (tertiary/aromatic N) is 6. The SMILES string of the molecule is CCCS(=O)(=O)Nc1ccc(F)c(-n2cc(-c3cncc(N4CC[N+](C)(C5CCC5)CC4)c3)nn2)c1F. The van der Waals surface area contributed by atoms with Gasteiger partial charge in [-0.1, -0.05) is 12.1 Å². The van der Waals surface area contributed by atoms with Crippen LogP contribution in [0, 0.1) is 11.6 Å². The van der Waals surface area contributed by atoms with Gasteiger partial charge < -0.3 is 9.38 Å². The summed E-state index contributed by atoms with van der Waals surface area (Å²) in [7, 11) is -1.40. The van der Waals surface area contributed by atoms with Gasteiger partial charge >= 0.3 is 0 Å². The van der Waals surface area contributed by atoms with Crippen LogP contribution >= 0.6 is 0 Å². The summed E-state index contributed by atoms with van der Waals surface area (Å²) in [6.07, 6.45) is 9.20. The Hall–Kier alpha value is -3.12. The summed E-state index contributed by atoms with van der Waals surface area (Å²) in [5, 5.41) is 8.03. The van der Waals surface area contributed by atoms with Gasteiger partial charge in [0.05, 0.1) is 68.8 Å². The lowest BCUT2D eigenvalue weighted by molar-refractivity contribution is -0.939. The number of likely N-dealkylation sites (N-methyl/N-ethyl adjacent to an activating group) is 1. The van der Waals surface area contributed by atoms with Gasteiger partial charge in [0.25, 0.3) is 0 Å². The first-order chi connectivity index (χ1) is 17.7. The molecule has 0 spiro atoms. The smallest absolute Gasteiger partial charge is 0.232 e. The predicted octanol–water partition coefficient (Wildman–Crippen LogP) is 3.58. The molecule has 0 atom stereocenters. The molecule has 0 amide bonds. The summed E-state index contributed by atoms with van der Waals surface area (Å²) < 4.78 is 58.3. The molecule has 1 saturated carbocycles. The van der Waals surface area contributed by atoms with Crippen molar-refractivity contribution in [2.45, 2.75) is 38.6 Å². The number of hydrogen-bond acceptors (Lipinski definition) is 6. The number of anilines is 2. The maximum absolute atomic E-state index is 15.2. The van der Waals surface area contributed by atoms with Crippen molar-refractivity contribution in [1.82, 2.24) is 20.0 Å². The Morgan fingerprint density at radius 3 is 2.59 bits per heavy atom. The summed E-state index contributed by atoms with van der Waals surface area (Å²) in [5.74, 6) is -2.13. The zero-order chi connectivity index (χ0) is 26.2. The summed E-state index contributed by atoms with van der Waals surface area (Å²) in [6.45, 7) is 5.73. The summed E-state index contributed by atoms with van der Waals surface area (Å²) in [6, 6.07) is 4.79. The second kappa shape index (κ2) is 9.97. The van der Waals surface area contributed by atoms with Gasteiger partial charge in [0, 0.05) is 11.8 Å². The van der Waals surface area contributed by atoms with Crippen molar-refractivity contribution < 1.29 is 21.7 Å². The molecule has 3 aromatic rings. The third-order valence-corrected chi connectivity index (χ3v) is 9.11. The Morgan fingerprint density at radius 2 is 1.92 bits per heavy atom. The number of rotatable bonds is 8. The number of piperazine rings is 1. The fourth-order valence-electron chi connectivity index (χ4n) is 5.12. The van der Waals surface area contributed by atoms with E-state index >= 15 is 4.39 Å². The first kappa shape index (κ1) is 25.5. The summed E-state index contributed by atoms with van der Waals surface area (Å²) in [4.78, 5) is 6.69. The third-order valence-electron chi connectivity index (χ3n) is 7.63. The third kappa shape index (κ3) is 5.17. The van der Waals surface area contributed by atoms with E-state index in [1.54, 1.807) is 13.1 Å². The molecular formula is C25H32F2N7O2S+. The minimum absolute atomic E-state index is 0.175. The van der Waals surface area contributed by atoms with Gasteiger partial charge in [-0.05, 0) is 43.9 Å². The fourth-order valence-corrected chi connectivity index (χ4v) is 6.25. The maximum atomic E-state index is 15.2. The van der Waals surface area contributed by atoms with Crippen molar-refractivity contribution in [3.05, 3.63) is 48.4 Å². The molecule has 9 nitrogen and oxygen atoms in total. The van der Waals surface area contributed by atoms with Crippen LogP contribution in [-0.2, 0) is 10.0 Å². The lowest BCUT2D eigenvalue weighted by Crippen LogP contribution is -2.63. The van der Waals surface area contributed by atoms with Crippen LogP contribution in [-0.4, -0.2) is 77.9 Å². The molecule has 12 heteroatoms. The minimum atomic E-state index is -3.75. The maximum Gasteiger partial charge on any atom is 0.232 e. The van der Waals surface area contributed by atoms with Crippen LogP contribution in [0.4, 0.5) is 20.2 Å². The topological polar surface area (TPSA) is 93.0 Å². The number of aromatic nitrogens is 4. The van der Waals surface area contributed by atoms with Gasteiger partial charge in [-0.3, -0.25) is 9.71 Å². The van der Waals surface area contributed by atoms with E-state index in [4.69, 9.17) is 0 Å². The standard InChI is InChI=1S/C25H32F2N7O2S/c1-3-13-37(35,36)30-22-8-7-21(26)25(24(22)27)33-17-23(29-31-33)18-14-19(16-28-15-18)32-9-11-34(2,12-10-32)20-5-4-6-20/h7-8,14-17,20,30H,3-6,9-13H2,1-2H3/q+1. The number of benzene rings is 1. The van der Waals surface area contributed by atoms with Crippen LogP contribution in [0.3, 0.4) is 0 Å². The molecule has 0 unspecified atom stereocenters. The first-order valence-electron chi connectivity index (χ1n) is 12.6. The molecule has 2 aromatic heterocycles. The quantitative estimate of drug-likeness (QED) is 0.446. The molecule has 1 aliphatic heterocycles. The van der Waals surface area contributed by atoms with Crippen molar-refractivity contribution in [2.75, 3.05) is 48.6 Å². The number of hydrogen-bond donors (Lipinski definition) is 1. The minimum Gasteiger partial charge on any atom is -0.359 e. The van der Waals surface area contributed by atoms with Gasteiger partial charge in [0.15, 0.2) is 11.6 Å². The highest BCUT2D eigenvalue weighted by atomic mass is 32.2. The lowest BCUT2D eigenvalue weighted by Gasteiger charge is -2.50. The zero-order valence-corrected chi connectivity index (χ0v) is 21.9. The van der Waals surface area contributed by atoms with E-state index < -0.39 is 27.3 Å². The molecule has 1 N–H and O–H groups in total. The van der Waals surface area contributed by atoms with E-state index in [-0.39, 0.29) is 11.4 Å². The molecule has 2 aliphatic rings. The molecule has 1 aliphatic carbocycles. The van der Waals surface area contributed by atoms with Crippen LogP contribution < -0.4 is 9.62 Å². The van der Waals surface area contributed by atoms with Gasteiger partial charge in [0.2, 0.25) is 10.0 Å². The Labute approximate surface area is 215 Å². The van der Waals surface area contributed by atoms with E-state index in [0.717, 1.165) is 59.2 Å². The van der Waals surface area contributed by atoms with E-state index in [0.29, 0.717) is 17.7 Å². The molecule has 198 valence electrons. The molecule has 37 heavy (non-hydrogen) atoms. The average molecular weight is 533 g/mol. The fraction of sp³-hybridized carbons (Fsp3) is 0.480. The summed E-state index contributed by atoms with van der Waals surface area (Å²) in [5.41, 5.74) is 1.19. The van der Waals surface area contributed by atoms with E-state index in [2.05, 4.69) is 32.0 Å². The molecular weight excluding hydrogens is 500 g/mol. The Bertz CT molecular complexity index is 1380. The average Bonchev–Trinajstić information content (AvgIpc) is 3.30. The molecule has 1 saturated heterocycles. The molecule has 3 heterocycles. The summed E-state index contributed by atoms with van der Waals surface area (Å²) >= 11 is 0. The van der Waals surface area contributed by atoms with Crippen LogP contribution in [0.5, 0.6) is 0 Å². The van der Waals surface area contributed by atoms with Crippen LogP contribution in [0.1, 0.15) is 32.6 Å². The monoisotopic (exact) mass is 532 g/mol. The molecule has 2 fully saturated rings. The lowest BCUT2D eigenvalue weighted by atomic mass is 9.89. The van der Waals surface area contributed by atoms with E-state index in [9.17, 15) is 12.8 Å². The highest BCUT2D eigenvalue weighted by Crippen LogP contribution is 2.32. The van der Waals surface area contributed by atoms with Crippen molar-refractivity contribution in [2.24, 2.45) is 0 Å². The van der Waals surface area contributed by atoms with Crippen LogP contribution in [0.15, 0.2) is 36.8 Å². The molecule has 5 rings (SSSR count). The zero-order valence-electron chi connectivity index (χ0n) is 21.1. The predicted molar refractivity (Wildman–Crippen MR) is 138 cm³/mol. The van der Waals surface area contributed by atoms with Gasteiger partial charge in [-0.15, -0.1) is 5.10 Å². The van der Waals surface area contributed by atoms with Crippen molar-refractivity contribution in [1.29, 1.82) is 0 Å². The van der Waals surface area contributed by atoms with E-state index in [1.807, 2.05) is 12.3 Å². The van der Waals surface area contributed by atoms with Crippen molar-refractivity contribution in [3.63, 3.8) is 0 Å². The van der Waals surface area contributed by atoms with Crippen LogP contribution in [0.2, 0.25) is 0 Å². The normalized spacial score (nSPS) is 18.0. The molecule has 0 bridgehead atoms. The Kier molecular flexibility index (Phi) is 6.88. The van der Waals surface area contributed by atoms with Gasteiger partial charge in [0.1, 0.15) is 11.4 Å². The number of sulfonamides is 1. The number of pyridine rings is 1. The molecule has 0 radical (unpaired) electrons. The van der Waals surface area contributed by atoms with Crippen molar-refractivity contribution in [3.8, 4) is 16.9 Å². The Balaban J connectivity index is 1.36. The number of nitrogens with one attached hydrogen (secondary N) is 1. The number of halogens is 2. The highest BCUT2D eigenvalue weighted by molar-refractivity contribution is 7.92. The highest BCUT2D eigenvalue weighted by Gasteiger charge is 2.39. The molecule has 1 aromatic carbocycles. The second-order valence-corrected chi connectivity index (χ2v) is 12.0. The van der Waals surface area contributed by atoms with E-state index in [1.165, 1.54) is 25.5 Å².